The first-order valence-corrected chi connectivity index (χ1v) is 6.71. The highest BCUT2D eigenvalue weighted by molar-refractivity contribution is 5.80. The van der Waals surface area contributed by atoms with Gasteiger partial charge in [-0.2, -0.15) is 0 Å². The van der Waals surface area contributed by atoms with E-state index in [1.165, 1.54) is 5.56 Å². The predicted octanol–water partition coefficient (Wildman–Crippen LogP) is 2.00. The fraction of sp³-hybridized carbons (Fsp3) is 0.467. The molecule has 2 N–H and O–H groups in total. The summed E-state index contributed by atoms with van der Waals surface area (Å²) < 4.78 is 0. The number of aliphatic carboxylic acids is 1. The van der Waals surface area contributed by atoms with E-state index in [4.69, 9.17) is 5.11 Å². The second-order valence-electron chi connectivity index (χ2n) is 5.59. The van der Waals surface area contributed by atoms with Gasteiger partial charge in [0, 0.05) is 20.1 Å². The van der Waals surface area contributed by atoms with Gasteiger partial charge in [0.15, 0.2) is 0 Å². The molecule has 0 radical (unpaired) electrons. The first-order chi connectivity index (χ1) is 9.43. The fourth-order valence-corrected chi connectivity index (χ4v) is 2.04. The number of aryl methyl sites for hydroxylation is 1. The SMILES string of the molecule is Cc1ccc(CN(C)C(=O)NCC2(C(=O)O)CC2)cc1. The molecule has 0 aliphatic heterocycles. The smallest absolute Gasteiger partial charge is 0.317 e. The van der Waals surface area contributed by atoms with Crippen molar-refractivity contribution in [2.24, 2.45) is 5.41 Å². The Morgan fingerprint density at radius 1 is 1.30 bits per heavy atom. The molecule has 2 rings (SSSR count). The number of carboxylic acids is 1. The zero-order valence-corrected chi connectivity index (χ0v) is 11.8. The molecule has 0 heterocycles. The average molecular weight is 276 g/mol. The van der Waals surface area contributed by atoms with Crippen molar-refractivity contribution in [2.75, 3.05) is 13.6 Å². The van der Waals surface area contributed by atoms with Crippen molar-refractivity contribution in [1.29, 1.82) is 0 Å². The van der Waals surface area contributed by atoms with E-state index in [-0.39, 0.29) is 12.6 Å². The van der Waals surface area contributed by atoms with E-state index in [0.717, 1.165) is 5.56 Å². The molecule has 0 bridgehead atoms. The monoisotopic (exact) mass is 276 g/mol. The van der Waals surface area contributed by atoms with Gasteiger partial charge in [0.25, 0.3) is 0 Å². The summed E-state index contributed by atoms with van der Waals surface area (Å²) in [4.78, 5) is 24.5. The normalized spacial score (nSPS) is 15.5. The lowest BCUT2D eigenvalue weighted by molar-refractivity contribution is -0.143. The van der Waals surface area contributed by atoms with E-state index >= 15 is 0 Å². The van der Waals surface area contributed by atoms with Crippen molar-refractivity contribution < 1.29 is 14.7 Å². The highest BCUT2D eigenvalue weighted by Gasteiger charge is 2.50. The van der Waals surface area contributed by atoms with E-state index in [0.29, 0.717) is 19.4 Å². The molecule has 0 atom stereocenters. The van der Waals surface area contributed by atoms with Crippen molar-refractivity contribution in [3.63, 3.8) is 0 Å². The molecule has 20 heavy (non-hydrogen) atoms. The number of benzene rings is 1. The molecule has 1 aliphatic carbocycles. The molecule has 0 aromatic heterocycles. The van der Waals surface area contributed by atoms with Crippen LogP contribution in [0.3, 0.4) is 0 Å². The molecule has 5 nitrogen and oxygen atoms in total. The van der Waals surface area contributed by atoms with Crippen molar-refractivity contribution in [1.82, 2.24) is 10.2 Å². The average Bonchev–Trinajstić information content (AvgIpc) is 3.20. The minimum absolute atomic E-state index is 0.208. The molecule has 108 valence electrons. The first-order valence-electron chi connectivity index (χ1n) is 6.71. The van der Waals surface area contributed by atoms with Crippen LogP contribution in [0, 0.1) is 12.3 Å². The molecular weight excluding hydrogens is 256 g/mol. The Hall–Kier alpha value is -2.04. The van der Waals surface area contributed by atoms with Crippen LogP contribution < -0.4 is 5.32 Å². The second-order valence-corrected chi connectivity index (χ2v) is 5.59. The number of nitrogens with one attached hydrogen (secondary N) is 1. The third kappa shape index (κ3) is 3.29. The molecule has 0 unspecified atom stereocenters. The zero-order chi connectivity index (χ0) is 14.8. The Bertz CT molecular complexity index is 506. The minimum atomic E-state index is -0.820. The third-order valence-electron chi connectivity index (χ3n) is 3.77. The summed E-state index contributed by atoms with van der Waals surface area (Å²) in [7, 11) is 1.70. The van der Waals surface area contributed by atoms with E-state index in [2.05, 4.69) is 5.32 Å². The van der Waals surface area contributed by atoms with Gasteiger partial charge in [0.1, 0.15) is 0 Å². The topological polar surface area (TPSA) is 69.6 Å². The summed E-state index contributed by atoms with van der Waals surface area (Å²) in [5, 5.41) is 11.8. The Morgan fingerprint density at radius 2 is 1.90 bits per heavy atom. The van der Waals surface area contributed by atoms with Crippen LogP contribution in [0.5, 0.6) is 0 Å². The minimum Gasteiger partial charge on any atom is -0.481 e. The number of hydrogen-bond acceptors (Lipinski definition) is 2. The summed E-state index contributed by atoms with van der Waals surface area (Å²) in [6.45, 7) is 2.73. The molecule has 1 saturated carbocycles. The fourth-order valence-electron chi connectivity index (χ4n) is 2.04. The van der Waals surface area contributed by atoms with Gasteiger partial charge in [-0.05, 0) is 25.3 Å². The predicted molar refractivity (Wildman–Crippen MR) is 75.3 cm³/mol. The molecule has 1 aliphatic rings. The van der Waals surface area contributed by atoms with Gasteiger partial charge in [-0.25, -0.2) is 4.79 Å². The summed E-state index contributed by atoms with van der Waals surface area (Å²) in [6.07, 6.45) is 1.29. The standard InChI is InChI=1S/C15H20N2O3/c1-11-3-5-12(6-4-11)9-17(2)14(20)16-10-15(7-8-15)13(18)19/h3-6H,7-10H2,1-2H3,(H,16,20)(H,18,19). The summed E-state index contributed by atoms with van der Waals surface area (Å²) in [6, 6.07) is 7.74. The number of hydrogen-bond donors (Lipinski definition) is 2. The van der Waals surface area contributed by atoms with Gasteiger partial charge >= 0.3 is 12.0 Å². The van der Waals surface area contributed by atoms with Crippen LogP contribution in [-0.4, -0.2) is 35.6 Å². The molecule has 5 heteroatoms. The van der Waals surface area contributed by atoms with Crippen molar-refractivity contribution in [2.45, 2.75) is 26.3 Å². The van der Waals surface area contributed by atoms with Crippen LogP contribution in [-0.2, 0) is 11.3 Å². The maximum atomic E-state index is 11.9. The van der Waals surface area contributed by atoms with Gasteiger partial charge in [0.2, 0.25) is 0 Å². The molecule has 0 spiro atoms. The quantitative estimate of drug-likeness (QED) is 0.864. The van der Waals surface area contributed by atoms with Crippen LogP contribution in [0.15, 0.2) is 24.3 Å². The van der Waals surface area contributed by atoms with E-state index in [9.17, 15) is 9.59 Å². The van der Waals surface area contributed by atoms with Gasteiger partial charge in [-0.3, -0.25) is 4.79 Å². The van der Waals surface area contributed by atoms with Crippen LogP contribution in [0.2, 0.25) is 0 Å². The number of rotatable bonds is 5. The molecule has 1 aromatic carbocycles. The summed E-state index contributed by atoms with van der Waals surface area (Å²) >= 11 is 0. The van der Waals surface area contributed by atoms with Crippen LogP contribution in [0.1, 0.15) is 24.0 Å². The van der Waals surface area contributed by atoms with Gasteiger partial charge < -0.3 is 15.3 Å². The van der Waals surface area contributed by atoms with E-state index in [1.807, 2.05) is 31.2 Å². The highest BCUT2D eigenvalue weighted by Crippen LogP contribution is 2.45. The Balaban J connectivity index is 1.83. The highest BCUT2D eigenvalue weighted by atomic mass is 16.4. The summed E-state index contributed by atoms with van der Waals surface area (Å²) in [5.74, 6) is -0.820. The second kappa shape index (κ2) is 5.53. The lowest BCUT2D eigenvalue weighted by Crippen LogP contribution is -2.41. The number of carbonyl (C=O) groups is 2. The van der Waals surface area contributed by atoms with Gasteiger partial charge in [0.05, 0.1) is 5.41 Å². The van der Waals surface area contributed by atoms with E-state index in [1.54, 1.807) is 11.9 Å². The maximum absolute atomic E-state index is 11.9. The zero-order valence-electron chi connectivity index (χ0n) is 11.8. The van der Waals surface area contributed by atoms with Crippen molar-refractivity contribution in [3.05, 3.63) is 35.4 Å². The lowest BCUT2D eigenvalue weighted by Gasteiger charge is -2.19. The van der Waals surface area contributed by atoms with Crippen LogP contribution in [0.4, 0.5) is 4.79 Å². The molecule has 2 amide bonds. The largest absolute Gasteiger partial charge is 0.481 e. The van der Waals surface area contributed by atoms with E-state index < -0.39 is 11.4 Å². The maximum Gasteiger partial charge on any atom is 0.317 e. The molecule has 0 saturated heterocycles. The van der Waals surface area contributed by atoms with Gasteiger partial charge in [-0.1, -0.05) is 29.8 Å². The molecular formula is C15H20N2O3. The lowest BCUT2D eigenvalue weighted by atomic mass is 10.1. The summed E-state index contributed by atoms with van der Waals surface area (Å²) in [5.41, 5.74) is 1.51. The molecule has 1 aromatic rings. The number of carboxylic acid groups (broad SMARTS) is 1. The Morgan fingerprint density at radius 3 is 2.40 bits per heavy atom. The van der Waals surface area contributed by atoms with Gasteiger partial charge in [-0.15, -0.1) is 0 Å². The Kier molecular flexibility index (Phi) is 3.97. The number of urea groups is 1. The number of carbonyl (C=O) groups excluding carboxylic acids is 1. The molecule has 1 fully saturated rings. The van der Waals surface area contributed by atoms with Crippen LogP contribution in [0.25, 0.3) is 0 Å². The van der Waals surface area contributed by atoms with Crippen molar-refractivity contribution >= 4 is 12.0 Å². The number of amides is 2. The number of nitrogens with zero attached hydrogens (tertiary/aromatic N) is 1. The third-order valence-corrected chi connectivity index (χ3v) is 3.77. The van der Waals surface area contributed by atoms with Crippen LogP contribution >= 0.6 is 0 Å². The first kappa shape index (κ1) is 14.4. The Labute approximate surface area is 118 Å². The van der Waals surface area contributed by atoms with Crippen molar-refractivity contribution in [3.8, 4) is 0 Å².